The van der Waals surface area contributed by atoms with Crippen molar-refractivity contribution in [2.24, 2.45) is 5.92 Å². The fourth-order valence-corrected chi connectivity index (χ4v) is 2.58. The molecule has 0 saturated carbocycles. The second-order valence-corrected chi connectivity index (χ2v) is 5.39. The Labute approximate surface area is 111 Å². The Morgan fingerprint density at radius 2 is 2.22 bits per heavy atom. The zero-order valence-corrected chi connectivity index (χ0v) is 11.6. The highest BCUT2D eigenvalue weighted by Gasteiger charge is 2.21. The molecule has 0 bridgehead atoms. The molecule has 1 saturated heterocycles. The summed E-state index contributed by atoms with van der Waals surface area (Å²) in [6.07, 6.45) is 6.27. The Hall–Kier alpha value is -0.930. The maximum absolute atomic E-state index is 4.08. The lowest BCUT2D eigenvalue weighted by molar-refractivity contribution is 0.231. The maximum Gasteiger partial charge on any atom is 0.0271 e. The van der Waals surface area contributed by atoms with E-state index in [1.165, 1.54) is 24.9 Å². The standard InChI is InChI=1S/C15H25N3/c1-3-13(2)15-12-18(10-4-7-17-15)11-14-5-8-16-9-6-14/h5-6,8-9,13,15,17H,3-4,7,10-12H2,1-2H3. The van der Waals surface area contributed by atoms with E-state index in [1.807, 2.05) is 12.4 Å². The lowest BCUT2D eigenvalue weighted by Crippen LogP contribution is -2.41. The second kappa shape index (κ2) is 6.86. The summed E-state index contributed by atoms with van der Waals surface area (Å²) in [6.45, 7) is 9.20. The maximum atomic E-state index is 4.08. The molecule has 0 radical (unpaired) electrons. The van der Waals surface area contributed by atoms with Crippen LogP contribution >= 0.6 is 0 Å². The van der Waals surface area contributed by atoms with Crippen molar-refractivity contribution in [2.75, 3.05) is 19.6 Å². The number of nitrogens with one attached hydrogen (secondary N) is 1. The van der Waals surface area contributed by atoms with E-state index in [-0.39, 0.29) is 0 Å². The Kier molecular flexibility index (Phi) is 5.14. The van der Waals surface area contributed by atoms with Gasteiger partial charge in [0.25, 0.3) is 0 Å². The summed E-state index contributed by atoms with van der Waals surface area (Å²) in [6, 6.07) is 4.88. The van der Waals surface area contributed by atoms with Gasteiger partial charge in [-0.15, -0.1) is 0 Å². The molecule has 2 rings (SSSR count). The lowest BCUT2D eigenvalue weighted by atomic mass is 9.99. The van der Waals surface area contributed by atoms with Crippen LogP contribution in [0.1, 0.15) is 32.3 Å². The topological polar surface area (TPSA) is 28.2 Å². The predicted molar refractivity (Wildman–Crippen MR) is 75.4 cm³/mol. The Morgan fingerprint density at radius 1 is 1.44 bits per heavy atom. The van der Waals surface area contributed by atoms with Gasteiger partial charge in [-0.05, 0) is 43.1 Å². The van der Waals surface area contributed by atoms with Crippen LogP contribution in [-0.2, 0) is 6.54 Å². The molecule has 1 fully saturated rings. The molecule has 1 N–H and O–H groups in total. The van der Waals surface area contributed by atoms with Gasteiger partial charge in [-0.25, -0.2) is 0 Å². The molecule has 0 amide bonds. The first-order chi connectivity index (χ1) is 8.79. The highest BCUT2D eigenvalue weighted by atomic mass is 15.2. The summed E-state index contributed by atoms with van der Waals surface area (Å²) in [5.41, 5.74) is 1.37. The predicted octanol–water partition coefficient (Wildman–Crippen LogP) is 2.29. The second-order valence-electron chi connectivity index (χ2n) is 5.39. The van der Waals surface area contributed by atoms with Crippen LogP contribution in [0.25, 0.3) is 0 Å². The Morgan fingerprint density at radius 3 is 2.94 bits per heavy atom. The van der Waals surface area contributed by atoms with E-state index in [0.717, 1.165) is 25.6 Å². The molecule has 1 aromatic heterocycles. The molecule has 0 spiro atoms. The zero-order chi connectivity index (χ0) is 12.8. The molecule has 1 aliphatic heterocycles. The fraction of sp³-hybridized carbons (Fsp3) is 0.667. The average Bonchev–Trinajstić information content (AvgIpc) is 2.65. The van der Waals surface area contributed by atoms with E-state index in [9.17, 15) is 0 Å². The summed E-state index contributed by atoms with van der Waals surface area (Å²) in [4.78, 5) is 6.66. The lowest BCUT2D eigenvalue weighted by Gasteiger charge is -2.28. The van der Waals surface area contributed by atoms with Crippen molar-refractivity contribution >= 4 is 0 Å². The van der Waals surface area contributed by atoms with Gasteiger partial charge < -0.3 is 5.32 Å². The van der Waals surface area contributed by atoms with Crippen LogP contribution < -0.4 is 5.32 Å². The first-order valence-corrected chi connectivity index (χ1v) is 7.14. The number of aromatic nitrogens is 1. The Balaban J connectivity index is 1.95. The van der Waals surface area contributed by atoms with E-state index in [0.29, 0.717) is 6.04 Å². The first kappa shape index (κ1) is 13.5. The van der Waals surface area contributed by atoms with Crippen LogP contribution in [-0.4, -0.2) is 35.6 Å². The number of hydrogen-bond acceptors (Lipinski definition) is 3. The third-order valence-electron chi connectivity index (χ3n) is 4.00. The van der Waals surface area contributed by atoms with Gasteiger partial charge in [0.15, 0.2) is 0 Å². The van der Waals surface area contributed by atoms with Gasteiger partial charge in [-0.1, -0.05) is 20.3 Å². The van der Waals surface area contributed by atoms with E-state index in [1.54, 1.807) is 0 Å². The fourth-order valence-electron chi connectivity index (χ4n) is 2.58. The molecule has 3 heteroatoms. The summed E-state index contributed by atoms with van der Waals surface area (Å²) in [7, 11) is 0. The van der Waals surface area contributed by atoms with Crippen molar-refractivity contribution in [2.45, 2.75) is 39.3 Å². The van der Waals surface area contributed by atoms with Crippen molar-refractivity contribution < 1.29 is 0 Å². The van der Waals surface area contributed by atoms with Crippen LogP contribution in [0.15, 0.2) is 24.5 Å². The summed E-state index contributed by atoms with van der Waals surface area (Å²) in [5, 5.41) is 3.69. The van der Waals surface area contributed by atoms with Gasteiger partial charge in [0.05, 0.1) is 0 Å². The molecule has 0 aliphatic carbocycles. The van der Waals surface area contributed by atoms with Crippen LogP contribution in [0.2, 0.25) is 0 Å². The molecule has 18 heavy (non-hydrogen) atoms. The van der Waals surface area contributed by atoms with Gasteiger partial charge in [-0.3, -0.25) is 9.88 Å². The number of hydrogen-bond donors (Lipinski definition) is 1. The number of nitrogens with zero attached hydrogens (tertiary/aromatic N) is 2. The first-order valence-electron chi connectivity index (χ1n) is 7.14. The highest BCUT2D eigenvalue weighted by molar-refractivity contribution is 5.09. The number of pyridine rings is 1. The molecule has 2 unspecified atom stereocenters. The molecule has 2 heterocycles. The third-order valence-corrected chi connectivity index (χ3v) is 4.00. The highest BCUT2D eigenvalue weighted by Crippen LogP contribution is 2.14. The summed E-state index contributed by atoms with van der Waals surface area (Å²) >= 11 is 0. The van der Waals surface area contributed by atoms with Crippen LogP contribution in [0.5, 0.6) is 0 Å². The molecular weight excluding hydrogens is 222 g/mol. The van der Waals surface area contributed by atoms with E-state index < -0.39 is 0 Å². The summed E-state index contributed by atoms with van der Waals surface area (Å²) in [5.74, 6) is 0.753. The SMILES string of the molecule is CCC(C)C1CN(Cc2ccncc2)CCCN1. The number of rotatable bonds is 4. The molecule has 3 nitrogen and oxygen atoms in total. The quantitative estimate of drug-likeness (QED) is 0.885. The minimum atomic E-state index is 0.638. The normalized spacial score (nSPS) is 23.6. The van der Waals surface area contributed by atoms with Crippen molar-refractivity contribution in [3.05, 3.63) is 30.1 Å². The van der Waals surface area contributed by atoms with Crippen LogP contribution in [0.3, 0.4) is 0 Å². The van der Waals surface area contributed by atoms with Gasteiger partial charge >= 0.3 is 0 Å². The molecule has 1 aromatic rings. The van der Waals surface area contributed by atoms with Crippen molar-refractivity contribution in [1.82, 2.24) is 15.2 Å². The average molecular weight is 247 g/mol. The molecular formula is C15H25N3. The van der Waals surface area contributed by atoms with Gasteiger partial charge in [0.2, 0.25) is 0 Å². The molecule has 1 aliphatic rings. The zero-order valence-electron chi connectivity index (χ0n) is 11.6. The van der Waals surface area contributed by atoms with E-state index in [4.69, 9.17) is 0 Å². The van der Waals surface area contributed by atoms with Crippen molar-refractivity contribution in [3.8, 4) is 0 Å². The van der Waals surface area contributed by atoms with Crippen LogP contribution in [0, 0.1) is 5.92 Å². The third kappa shape index (κ3) is 3.79. The van der Waals surface area contributed by atoms with Crippen molar-refractivity contribution in [3.63, 3.8) is 0 Å². The van der Waals surface area contributed by atoms with Crippen LogP contribution in [0.4, 0.5) is 0 Å². The molecule has 100 valence electrons. The van der Waals surface area contributed by atoms with Gasteiger partial charge in [0, 0.05) is 31.5 Å². The molecule has 0 aromatic carbocycles. The van der Waals surface area contributed by atoms with Gasteiger partial charge in [0.1, 0.15) is 0 Å². The Bertz CT molecular complexity index is 339. The molecule has 2 atom stereocenters. The largest absolute Gasteiger partial charge is 0.312 e. The smallest absolute Gasteiger partial charge is 0.0271 e. The minimum absolute atomic E-state index is 0.638. The van der Waals surface area contributed by atoms with Gasteiger partial charge in [-0.2, -0.15) is 0 Å². The minimum Gasteiger partial charge on any atom is -0.312 e. The van der Waals surface area contributed by atoms with E-state index >= 15 is 0 Å². The summed E-state index contributed by atoms with van der Waals surface area (Å²) < 4.78 is 0. The van der Waals surface area contributed by atoms with Crippen molar-refractivity contribution in [1.29, 1.82) is 0 Å². The van der Waals surface area contributed by atoms with E-state index in [2.05, 4.69) is 41.2 Å². The monoisotopic (exact) mass is 247 g/mol.